The maximum absolute atomic E-state index is 11.4. The van der Waals surface area contributed by atoms with E-state index >= 15 is 0 Å². The van der Waals surface area contributed by atoms with E-state index in [1.54, 1.807) is 0 Å². The second-order valence-electron chi connectivity index (χ2n) is 5.85. The van der Waals surface area contributed by atoms with Gasteiger partial charge in [0.15, 0.2) is 0 Å². The molecule has 96 valence electrons. The van der Waals surface area contributed by atoms with Gasteiger partial charge in [0.25, 0.3) is 0 Å². The Kier molecular flexibility index (Phi) is 3.24. The van der Waals surface area contributed by atoms with E-state index < -0.39 is 5.97 Å². The number of esters is 2. The summed E-state index contributed by atoms with van der Waals surface area (Å²) in [5.41, 5.74) is 2.46. The third-order valence-electron chi connectivity index (χ3n) is 3.26. The van der Waals surface area contributed by atoms with Crippen LogP contribution < -0.4 is 0 Å². The van der Waals surface area contributed by atoms with Crippen LogP contribution >= 0.6 is 0 Å². The molecule has 1 fully saturated rings. The van der Waals surface area contributed by atoms with Crippen molar-refractivity contribution in [3.63, 3.8) is 0 Å². The van der Waals surface area contributed by atoms with E-state index in [0.717, 1.165) is 5.56 Å². The average molecular weight is 246 g/mol. The van der Waals surface area contributed by atoms with Gasteiger partial charge in [-0.3, -0.25) is 9.59 Å². The lowest BCUT2D eigenvalue weighted by molar-refractivity contribution is -0.153. The Morgan fingerprint density at radius 1 is 1.17 bits per heavy atom. The Morgan fingerprint density at radius 3 is 2.22 bits per heavy atom. The van der Waals surface area contributed by atoms with Gasteiger partial charge in [0, 0.05) is 0 Å². The second kappa shape index (κ2) is 4.56. The molecule has 1 aliphatic rings. The van der Waals surface area contributed by atoms with Crippen molar-refractivity contribution in [2.45, 2.75) is 39.0 Å². The number of rotatable bonds is 2. The van der Waals surface area contributed by atoms with Gasteiger partial charge in [-0.25, -0.2) is 0 Å². The topological polar surface area (TPSA) is 43.4 Å². The van der Waals surface area contributed by atoms with Gasteiger partial charge in [0.1, 0.15) is 0 Å². The van der Waals surface area contributed by atoms with Crippen LogP contribution in [0.4, 0.5) is 0 Å². The molecule has 0 N–H and O–H groups in total. The molecule has 0 aromatic heterocycles. The molecule has 0 aliphatic carbocycles. The molecule has 18 heavy (non-hydrogen) atoms. The molecular weight excluding hydrogens is 228 g/mol. The van der Waals surface area contributed by atoms with Crippen molar-refractivity contribution in [2.24, 2.45) is 5.92 Å². The zero-order valence-corrected chi connectivity index (χ0v) is 11.0. The first kappa shape index (κ1) is 12.8. The minimum atomic E-state index is -0.406. The number of cyclic esters (lactones) is 2. The summed E-state index contributed by atoms with van der Waals surface area (Å²) in [6.07, 6.45) is 0.787. The van der Waals surface area contributed by atoms with Crippen LogP contribution in [0.3, 0.4) is 0 Å². The van der Waals surface area contributed by atoms with Crippen molar-refractivity contribution in [2.75, 3.05) is 0 Å². The summed E-state index contributed by atoms with van der Waals surface area (Å²) in [6.45, 7) is 6.49. The SMILES string of the molecule is CC(C)(C)c1ccc(CC2CC(=O)OC2=O)cc1. The van der Waals surface area contributed by atoms with Crippen LogP contribution in [0, 0.1) is 5.92 Å². The van der Waals surface area contributed by atoms with Gasteiger partial charge < -0.3 is 4.74 Å². The standard InChI is InChI=1S/C15H18O3/c1-15(2,3)12-6-4-10(5-7-12)8-11-9-13(16)18-14(11)17/h4-7,11H,8-9H2,1-3H3. The average Bonchev–Trinajstić information content (AvgIpc) is 2.57. The van der Waals surface area contributed by atoms with Gasteiger partial charge in [0.2, 0.25) is 0 Å². The fourth-order valence-electron chi connectivity index (χ4n) is 2.10. The summed E-state index contributed by atoms with van der Waals surface area (Å²) < 4.78 is 4.55. The number of carbonyl (C=O) groups is 2. The second-order valence-corrected chi connectivity index (χ2v) is 5.85. The maximum atomic E-state index is 11.4. The quantitative estimate of drug-likeness (QED) is 0.595. The summed E-state index contributed by atoms with van der Waals surface area (Å²) >= 11 is 0. The summed E-state index contributed by atoms with van der Waals surface area (Å²) in [5, 5.41) is 0. The molecule has 2 rings (SSSR count). The highest BCUT2D eigenvalue weighted by Gasteiger charge is 2.33. The highest BCUT2D eigenvalue weighted by molar-refractivity contribution is 5.94. The molecule has 1 aromatic rings. The third-order valence-corrected chi connectivity index (χ3v) is 3.26. The predicted molar refractivity (Wildman–Crippen MR) is 68.1 cm³/mol. The Bertz CT molecular complexity index is 466. The zero-order chi connectivity index (χ0) is 13.3. The van der Waals surface area contributed by atoms with Crippen molar-refractivity contribution >= 4 is 11.9 Å². The van der Waals surface area contributed by atoms with Gasteiger partial charge in [-0.2, -0.15) is 0 Å². The van der Waals surface area contributed by atoms with Crippen molar-refractivity contribution in [3.8, 4) is 0 Å². The largest absolute Gasteiger partial charge is 0.393 e. The molecule has 0 spiro atoms. The smallest absolute Gasteiger partial charge is 0.317 e. The van der Waals surface area contributed by atoms with Crippen LogP contribution in [-0.2, 0) is 26.2 Å². The van der Waals surface area contributed by atoms with Crippen LogP contribution in [0.5, 0.6) is 0 Å². The fourth-order valence-corrected chi connectivity index (χ4v) is 2.10. The third kappa shape index (κ3) is 2.78. The summed E-state index contributed by atoms with van der Waals surface area (Å²) in [6, 6.07) is 8.21. The number of ether oxygens (including phenoxy) is 1. The van der Waals surface area contributed by atoms with Crippen molar-refractivity contribution in [1.29, 1.82) is 0 Å². The van der Waals surface area contributed by atoms with Crippen molar-refractivity contribution < 1.29 is 14.3 Å². The van der Waals surface area contributed by atoms with Gasteiger partial charge in [0.05, 0.1) is 12.3 Å². The predicted octanol–water partition coefficient (Wildman–Crippen LogP) is 2.62. The van der Waals surface area contributed by atoms with Gasteiger partial charge in [-0.15, -0.1) is 0 Å². The Balaban J connectivity index is 2.07. The van der Waals surface area contributed by atoms with Crippen LogP contribution in [0.1, 0.15) is 38.3 Å². The van der Waals surface area contributed by atoms with E-state index in [9.17, 15) is 9.59 Å². The van der Waals surface area contributed by atoms with Crippen LogP contribution in [0.2, 0.25) is 0 Å². The molecule has 1 saturated heterocycles. The molecule has 1 aliphatic heterocycles. The van der Waals surface area contributed by atoms with Crippen LogP contribution in [-0.4, -0.2) is 11.9 Å². The number of hydrogen-bond donors (Lipinski definition) is 0. The molecule has 1 unspecified atom stereocenters. The van der Waals surface area contributed by atoms with E-state index in [2.05, 4.69) is 37.6 Å². The molecule has 1 atom stereocenters. The zero-order valence-electron chi connectivity index (χ0n) is 11.0. The molecule has 3 nitrogen and oxygen atoms in total. The number of carbonyl (C=O) groups excluding carboxylic acids is 2. The van der Waals surface area contributed by atoms with Crippen molar-refractivity contribution in [1.82, 2.24) is 0 Å². The lowest BCUT2D eigenvalue weighted by Crippen LogP contribution is -2.12. The minimum absolute atomic E-state index is 0.126. The van der Waals surface area contributed by atoms with Gasteiger partial charge in [-0.1, -0.05) is 45.0 Å². The summed E-state index contributed by atoms with van der Waals surface area (Å²) in [7, 11) is 0. The number of benzene rings is 1. The normalized spacial score (nSPS) is 20.1. The molecule has 0 bridgehead atoms. The Labute approximate surface area is 107 Å². The minimum Gasteiger partial charge on any atom is -0.393 e. The first-order valence-corrected chi connectivity index (χ1v) is 6.20. The van der Waals surface area contributed by atoms with Crippen LogP contribution in [0.15, 0.2) is 24.3 Å². The summed E-state index contributed by atoms with van der Waals surface area (Å²) in [4.78, 5) is 22.4. The highest BCUT2D eigenvalue weighted by atomic mass is 16.6. The molecule has 3 heteroatoms. The van der Waals surface area contributed by atoms with Gasteiger partial charge in [-0.05, 0) is 23.0 Å². The molecule has 0 amide bonds. The van der Waals surface area contributed by atoms with Crippen LogP contribution in [0.25, 0.3) is 0 Å². The lowest BCUT2D eigenvalue weighted by Gasteiger charge is -2.19. The van der Waals surface area contributed by atoms with E-state index in [4.69, 9.17) is 0 Å². The van der Waals surface area contributed by atoms with Gasteiger partial charge >= 0.3 is 11.9 Å². The summed E-state index contributed by atoms with van der Waals surface area (Å²) in [5.74, 6) is -1.10. The van der Waals surface area contributed by atoms with E-state index in [1.165, 1.54) is 5.56 Å². The molecule has 1 heterocycles. The lowest BCUT2D eigenvalue weighted by atomic mass is 9.86. The van der Waals surface area contributed by atoms with E-state index in [-0.39, 0.29) is 23.7 Å². The van der Waals surface area contributed by atoms with E-state index in [0.29, 0.717) is 6.42 Å². The molecule has 0 saturated carbocycles. The maximum Gasteiger partial charge on any atom is 0.317 e. The molecular formula is C15H18O3. The fraction of sp³-hybridized carbons (Fsp3) is 0.467. The Hall–Kier alpha value is -1.64. The van der Waals surface area contributed by atoms with E-state index in [1.807, 2.05) is 12.1 Å². The highest BCUT2D eigenvalue weighted by Crippen LogP contribution is 2.25. The number of hydrogen-bond acceptors (Lipinski definition) is 3. The Morgan fingerprint density at radius 2 is 1.78 bits per heavy atom. The molecule has 0 radical (unpaired) electrons. The first-order valence-electron chi connectivity index (χ1n) is 6.20. The monoisotopic (exact) mass is 246 g/mol. The van der Waals surface area contributed by atoms with Crippen molar-refractivity contribution in [3.05, 3.63) is 35.4 Å². The first-order chi connectivity index (χ1) is 8.36. The molecule has 1 aromatic carbocycles.